The first-order valence-electron chi connectivity index (χ1n) is 8.80. The molecule has 28 heavy (non-hydrogen) atoms. The zero-order valence-electron chi connectivity index (χ0n) is 15.6. The maximum absolute atomic E-state index is 13.7. The van der Waals surface area contributed by atoms with Gasteiger partial charge in [0.25, 0.3) is 0 Å². The maximum atomic E-state index is 13.7. The minimum atomic E-state index is -0.481. The normalized spacial score (nSPS) is 14.6. The summed E-state index contributed by atoms with van der Waals surface area (Å²) in [6, 6.07) is 4.32. The predicted octanol–water partition coefficient (Wildman–Crippen LogP) is 3.53. The van der Waals surface area contributed by atoms with Crippen molar-refractivity contribution in [3.8, 4) is 0 Å². The number of halogens is 2. The van der Waals surface area contributed by atoms with Gasteiger partial charge in [-0.15, -0.1) is 11.3 Å². The van der Waals surface area contributed by atoms with Crippen LogP contribution in [0.3, 0.4) is 0 Å². The van der Waals surface area contributed by atoms with Gasteiger partial charge in [0, 0.05) is 18.5 Å². The quantitative estimate of drug-likeness (QED) is 0.639. The molecule has 148 valence electrons. The van der Waals surface area contributed by atoms with E-state index in [0.29, 0.717) is 24.1 Å². The van der Waals surface area contributed by atoms with Crippen molar-refractivity contribution in [2.45, 2.75) is 26.0 Å². The lowest BCUT2D eigenvalue weighted by atomic mass is 10.0. The van der Waals surface area contributed by atoms with Crippen molar-refractivity contribution < 1.29 is 14.3 Å². The molecule has 3 rings (SSSR count). The molecule has 0 saturated heterocycles. The molecular formula is C20H21ClFN3O2S. The fraction of sp³-hybridized carbons (Fsp3) is 0.300. The van der Waals surface area contributed by atoms with Gasteiger partial charge in [-0.05, 0) is 37.2 Å². The number of carbonyl (C=O) groups is 1. The molecule has 1 aromatic carbocycles. The van der Waals surface area contributed by atoms with Crippen molar-refractivity contribution in [1.82, 2.24) is 15.6 Å². The Labute approximate surface area is 172 Å². The number of carbonyl (C=O) groups excluding carboxylic acids is 1. The number of hydrogen-bond donors (Lipinski definition) is 3. The highest BCUT2D eigenvalue weighted by molar-refractivity contribution is 7.11. The van der Waals surface area contributed by atoms with Crippen LogP contribution in [-0.4, -0.2) is 29.6 Å². The largest absolute Gasteiger partial charge is 0.391 e. The lowest BCUT2D eigenvalue weighted by Crippen LogP contribution is -2.35. The van der Waals surface area contributed by atoms with E-state index in [2.05, 4.69) is 15.6 Å². The Morgan fingerprint density at radius 2 is 2.21 bits per heavy atom. The number of nitrogens with one attached hydrogen (secondary N) is 2. The van der Waals surface area contributed by atoms with Crippen LogP contribution in [0.1, 0.15) is 33.6 Å². The molecule has 5 nitrogen and oxygen atoms in total. The Bertz CT molecular complexity index is 955. The SMILES string of the molecule is CNCC(NC(=O)C1=CC=C(c2ccc(Cl)c(F)c2)C1)c1nc(C)c(CO)s1. The summed E-state index contributed by atoms with van der Waals surface area (Å²) in [6.45, 7) is 2.28. The number of hydrogen-bond acceptors (Lipinski definition) is 5. The van der Waals surface area contributed by atoms with Gasteiger partial charge in [-0.25, -0.2) is 9.37 Å². The van der Waals surface area contributed by atoms with Gasteiger partial charge in [0.1, 0.15) is 10.8 Å². The first kappa shape index (κ1) is 20.7. The summed E-state index contributed by atoms with van der Waals surface area (Å²) < 4.78 is 13.7. The molecule has 0 aliphatic heterocycles. The van der Waals surface area contributed by atoms with E-state index in [-0.39, 0.29) is 23.6 Å². The van der Waals surface area contributed by atoms with Gasteiger partial charge in [0.05, 0.1) is 28.2 Å². The van der Waals surface area contributed by atoms with Crippen LogP contribution in [0.5, 0.6) is 0 Å². The average Bonchev–Trinajstić information content (AvgIpc) is 3.30. The van der Waals surface area contributed by atoms with Crippen molar-refractivity contribution in [2.24, 2.45) is 0 Å². The topological polar surface area (TPSA) is 74.2 Å². The molecule has 0 bridgehead atoms. The third-order valence-electron chi connectivity index (χ3n) is 4.51. The number of rotatable bonds is 7. The van der Waals surface area contributed by atoms with Gasteiger partial charge in [-0.1, -0.05) is 29.8 Å². The number of aliphatic hydroxyl groups is 1. The second-order valence-electron chi connectivity index (χ2n) is 6.49. The van der Waals surface area contributed by atoms with Crippen molar-refractivity contribution in [3.05, 3.63) is 67.9 Å². The highest BCUT2D eigenvalue weighted by Crippen LogP contribution is 2.31. The van der Waals surface area contributed by atoms with E-state index in [0.717, 1.165) is 21.2 Å². The van der Waals surface area contributed by atoms with Crippen LogP contribution < -0.4 is 10.6 Å². The Kier molecular flexibility index (Phi) is 6.61. The van der Waals surface area contributed by atoms with Gasteiger partial charge in [-0.3, -0.25) is 4.79 Å². The van der Waals surface area contributed by atoms with Crippen LogP contribution in [0.15, 0.2) is 35.9 Å². The Morgan fingerprint density at radius 3 is 2.86 bits per heavy atom. The summed E-state index contributed by atoms with van der Waals surface area (Å²) in [6.07, 6.45) is 3.99. The molecule has 0 fully saturated rings. The zero-order valence-corrected chi connectivity index (χ0v) is 17.1. The fourth-order valence-corrected chi connectivity index (χ4v) is 4.07. The first-order chi connectivity index (χ1) is 13.4. The van der Waals surface area contributed by atoms with E-state index >= 15 is 0 Å². The van der Waals surface area contributed by atoms with E-state index in [1.54, 1.807) is 19.2 Å². The average molecular weight is 422 g/mol. The summed E-state index contributed by atoms with van der Waals surface area (Å²) in [5.41, 5.74) is 2.93. The monoisotopic (exact) mass is 421 g/mol. The van der Waals surface area contributed by atoms with E-state index in [9.17, 15) is 14.3 Å². The molecule has 1 atom stereocenters. The number of aryl methyl sites for hydroxylation is 1. The van der Waals surface area contributed by atoms with E-state index in [4.69, 9.17) is 11.6 Å². The van der Waals surface area contributed by atoms with Crippen LogP contribution in [0, 0.1) is 12.7 Å². The molecule has 1 aliphatic rings. The number of likely N-dealkylation sites (N-methyl/N-ethyl adjacent to an activating group) is 1. The minimum absolute atomic E-state index is 0.0696. The van der Waals surface area contributed by atoms with Crippen LogP contribution in [0.25, 0.3) is 5.57 Å². The summed E-state index contributed by atoms with van der Waals surface area (Å²) >= 11 is 7.13. The molecule has 1 heterocycles. The summed E-state index contributed by atoms with van der Waals surface area (Å²) in [7, 11) is 1.80. The molecule has 1 aromatic heterocycles. The second kappa shape index (κ2) is 8.96. The summed E-state index contributed by atoms with van der Waals surface area (Å²) in [4.78, 5) is 18.0. The van der Waals surface area contributed by atoms with E-state index in [1.807, 2.05) is 13.0 Å². The summed E-state index contributed by atoms with van der Waals surface area (Å²) in [5, 5.41) is 16.3. The second-order valence-corrected chi connectivity index (χ2v) is 8.01. The van der Waals surface area contributed by atoms with Gasteiger partial charge in [0.2, 0.25) is 5.91 Å². The van der Waals surface area contributed by atoms with Gasteiger partial charge in [0.15, 0.2) is 0 Å². The minimum Gasteiger partial charge on any atom is -0.391 e. The van der Waals surface area contributed by atoms with E-state index < -0.39 is 5.82 Å². The molecule has 1 unspecified atom stereocenters. The molecule has 0 spiro atoms. The standard InChI is InChI=1S/C20H21ClFN3O2S/c1-11-18(10-26)28-20(24-11)17(9-23-2)25-19(27)14-4-3-12(7-14)13-5-6-15(21)16(22)8-13/h3-6,8,17,23,26H,7,9-10H2,1-2H3,(H,25,27). The number of amides is 1. The number of aromatic nitrogens is 1. The van der Waals surface area contributed by atoms with Gasteiger partial charge >= 0.3 is 0 Å². The number of nitrogens with zero attached hydrogens (tertiary/aromatic N) is 1. The number of thiazole rings is 1. The Hall–Kier alpha value is -2.06. The molecular weight excluding hydrogens is 401 g/mol. The van der Waals surface area contributed by atoms with Gasteiger partial charge in [-0.2, -0.15) is 0 Å². The van der Waals surface area contributed by atoms with E-state index in [1.165, 1.54) is 23.5 Å². The van der Waals surface area contributed by atoms with Crippen molar-refractivity contribution >= 4 is 34.4 Å². The molecule has 1 aliphatic carbocycles. The van der Waals surface area contributed by atoms with Crippen molar-refractivity contribution in [3.63, 3.8) is 0 Å². The Balaban J connectivity index is 1.68. The molecule has 3 N–H and O–H groups in total. The zero-order chi connectivity index (χ0) is 20.3. The smallest absolute Gasteiger partial charge is 0.248 e. The fourth-order valence-electron chi connectivity index (χ4n) is 2.98. The lowest BCUT2D eigenvalue weighted by molar-refractivity contribution is -0.118. The molecule has 1 amide bonds. The predicted molar refractivity (Wildman–Crippen MR) is 110 cm³/mol. The number of aliphatic hydroxyl groups excluding tert-OH is 1. The molecule has 0 radical (unpaired) electrons. The summed E-state index contributed by atoms with van der Waals surface area (Å²) in [5.74, 6) is -0.676. The van der Waals surface area contributed by atoms with Gasteiger partial charge < -0.3 is 15.7 Å². The molecule has 0 saturated carbocycles. The molecule has 2 aromatic rings. The first-order valence-corrected chi connectivity index (χ1v) is 10.00. The highest BCUT2D eigenvalue weighted by atomic mass is 35.5. The maximum Gasteiger partial charge on any atom is 0.248 e. The van der Waals surface area contributed by atoms with Crippen molar-refractivity contribution in [1.29, 1.82) is 0 Å². The van der Waals surface area contributed by atoms with Crippen LogP contribution >= 0.6 is 22.9 Å². The highest BCUT2D eigenvalue weighted by Gasteiger charge is 2.23. The van der Waals surface area contributed by atoms with Crippen LogP contribution in [0.4, 0.5) is 4.39 Å². The third kappa shape index (κ3) is 4.50. The lowest BCUT2D eigenvalue weighted by Gasteiger charge is -2.17. The Morgan fingerprint density at radius 1 is 1.43 bits per heavy atom. The third-order valence-corrected chi connectivity index (χ3v) is 6.08. The van der Waals surface area contributed by atoms with Crippen LogP contribution in [0.2, 0.25) is 5.02 Å². The molecule has 8 heteroatoms. The van der Waals surface area contributed by atoms with Crippen LogP contribution in [-0.2, 0) is 11.4 Å². The number of benzene rings is 1. The number of allylic oxidation sites excluding steroid dienone is 3. The van der Waals surface area contributed by atoms with Crippen molar-refractivity contribution in [2.75, 3.05) is 13.6 Å².